The maximum atomic E-state index is 12.6. The van der Waals surface area contributed by atoms with Crippen LogP contribution in [0.2, 0.25) is 5.02 Å². The average Bonchev–Trinajstić information content (AvgIpc) is 2.85. The summed E-state index contributed by atoms with van der Waals surface area (Å²) in [5, 5.41) is 3.16. The van der Waals surface area contributed by atoms with Crippen LogP contribution < -0.4 is 19.1 Å². The molecule has 156 valence electrons. The quantitative estimate of drug-likeness (QED) is 0.701. The number of sulfonamides is 1. The Morgan fingerprint density at radius 2 is 2.00 bits per heavy atom. The second-order valence-corrected chi connectivity index (χ2v) is 9.14. The van der Waals surface area contributed by atoms with Crippen molar-refractivity contribution in [1.82, 2.24) is 5.32 Å². The van der Waals surface area contributed by atoms with Crippen LogP contribution in [0, 0.1) is 6.92 Å². The van der Waals surface area contributed by atoms with Crippen LogP contribution in [0.25, 0.3) is 0 Å². The summed E-state index contributed by atoms with van der Waals surface area (Å²) >= 11 is 6.02. The highest BCUT2D eigenvalue weighted by Gasteiger charge is 2.31. The topological polar surface area (TPSA) is 84.9 Å². The number of halogens is 1. The number of fused-ring (bicyclic) bond motifs is 1. The molecule has 7 nitrogen and oxygen atoms in total. The minimum absolute atomic E-state index is 0.115. The first-order valence-corrected chi connectivity index (χ1v) is 11.4. The van der Waals surface area contributed by atoms with Gasteiger partial charge in [0, 0.05) is 18.0 Å². The molecule has 3 rings (SSSR count). The highest BCUT2D eigenvalue weighted by atomic mass is 35.5. The normalized spacial score (nSPS) is 16.4. The smallest absolute Gasteiger partial charge is 0.261 e. The summed E-state index contributed by atoms with van der Waals surface area (Å²) in [6.45, 7) is 2.72. The van der Waals surface area contributed by atoms with Gasteiger partial charge in [0.1, 0.15) is 18.1 Å². The largest absolute Gasteiger partial charge is 0.492 e. The van der Waals surface area contributed by atoms with Gasteiger partial charge in [-0.1, -0.05) is 29.3 Å². The number of nitrogens with zero attached hydrogens (tertiary/aromatic N) is 1. The Bertz CT molecular complexity index is 979. The van der Waals surface area contributed by atoms with Gasteiger partial charge in [-0.3, -0.25) is 9.10 Å². The minimum Gasteiger partial charge on any atom is -0.492 e. The van der Waals surface area contributed by atoms with Gasteiger partial charge >= 0.3 is 0 Å². The Balaban J connectivity index is 1.61. The molecule has 0 saturated carbocycles. The molecule has 0 aromatic heterocycles. The zero-order valence-corrected chi connectivity index (χ0v) is 17.8. The maximum Gasteiger partial charge on any atom is 0.261 e. The minimum atomic E-state index is -3.54. The van der Waals surface area contributed by atoms with Gasteiger partial charge in [0.25, 0.3) is 5.91 Å². The number of aryl methyl sites for hydroxylation is 1. The van der Waals surface area contributed by atoms with E-state index in [-0.39, 0.29) is 18.9 Å². The molecule has 29 heavy (non-hydrogen) atoms. The number of anilines is 1. The van der Waals surface area contributed by atoms with Crippen molar-refractivity contribution >= 4 is 33.2 Å². The van der Waals surface area contributed by atoms with Crippen LogP contribution in [-0.2, 0) is 14.8 Å². The predicted octanol–water partition coefficient (Wildman–Crippen LogP) is 2.76. The van der Waals surface area contributed by atoms with Gasteiger partial charge in [0.05, 0.1) is 18.5 Å². The average molecular weight is 439 g/mol. The number of benzene rings is 2. The number of ether oxygens (including phenoxy) is 2. The standard InChI is InChI=1S/C20H23ClN2O5S/c1-14-3-6-16(7-4-14)27-12-10-22-20(24)19-9-11-23(29(2,25)26)17-13-15(21)5-8-18(17)28-19/h3-8,13,19H,9-12H2,1-2H3,(H,22,24)/t19-/m1/s1. The zero-order chi connectivity index (χ0) is 21.0. The molecule has 0 aliphatic carbocycles. The molecule has 1 N–H and O–H groups in total. The zero-order valence-electron chi connectivity index (χ0n) is 16.2. The highest BCUT2D eigenvalue weighted by Crippen LogP contribution is 2.36. The Labute approximate surface area is 175 Å². The van der Waals surface area contributed by atoms with Gasteiger partial charge in [-0.25, -0.2) is 8.42 Å². The van der Waals surface area contributed by atoms with Gasteiger partial charge in [-0.15, -0.1) is 0 Å². The van der Waals surface area contributed by atoms with Crippen LogP contribution in [0.15, 0.2) is 42.5 Å². The van der Waals surface area contributed by atoms with Gasteiger partial charge in [0.2, 0.25) is 10.0 Å². The fraction of sp³-hybridized carbons (Fsp3) is 0.350. The third-order valence-corrected chi connectivity index (χ3v) is 5.85. The number of amides is 1. The van der Waals surface area contributed by atoms with E-state index < -0.39 is 16.1 Å². The number of rotatable bonds is 6. The lowest BCUT2D eigenvalue weighted by molar-refractivity contribution is -0.128. The number of hydrogen-bond donors (Lipinski definition) is 1. The highest BCUT2D eigenvalue weighted by molar-refractivity contribution is 7.92. The number of hydrogen-bond acceptors (Lipinski definition) is 5. The molecule has 1 aliphatic heterocycles. The van der Waals surface area contributed by atoms with Crippen LogP contribution in [0.3, 0.4) is 0 Å². The second-order valence-electron chi connectivity index (χ2n) is 6.79. The van der Waals surface area contributed by atoms with Crippen LogP contribution in [0.5, 0.6) is 11.5 Å². The fourth-order valence-corrected chi connectivity index (χ4v) is 4.08. The summed E-state index contributed by atoms with van der Waals surface area (Å²) in [6.07, 6.45) is 0.505. The summed E-state index contributed by atoms with van der Waals surface area (Å²) in [7, 11) is -3.54. The number of carbonyl (C=O) groups excluding carboxylic acids is 1. The number of carbonyl (C=O) groups is 1. The Hall–Kier alpha value is -2.45. The molecule has 0 fully saturated rings. The van der Waals surface area contributed by atoms with Crippen molar-refractivity contribution in [3.63, 3.8) is 0 Å². The van der Waals surface area contributed by atoms with Crippen LogP contribution >= 0.6 is 11.6 Å². The molecular formula is C20H23ClN2O5S. The van der Waals surface area contributed by atoms with Gasteiger partial charge in [-0.05, 0) is 37.3 Å². The molecule has 0 radical (unpaired) electrons. The monoisotopic (exact) mass is 438 g/mol. The van der Waals surface area contributed by atoms with Crippen LogP contribution in [0.4, 0.5) is 5.69 Å². The first-order chi connectivity index (χ1) is 13.7. The van der Waals surface area contributed by atoms with Crippen molar-refractivity contribution in [3.8, 4) is 11.5 Å². The van der Waals surface area contributed by atoms with E-state index in [2.05, 4.69) is 5.32 Å². The molecule has 0 saturated heterocycles. The van der Waals surface area contributed by atoms with E-state index in [0.717, 1.165) is 17.6 Å². The summed E-state index contributed by atoms with van der Waals surface area (Å²) in [6, 6.07) is 12.3. The van der Waals surface area contributed by atoms with E-state index in [1.54, 1.807) is 12.1 Å². The van der Waals surface area contributed by atoms with E-state index in [0.29, 0.717) is 29.6 Å². The molecule has 0 bridgehead atoms. The van der Waals surface area contributed by atoms with E-state index >= 15 is 0 Å². The molecule has 9 heteroatoms. The maximum absolute atomic E-state index is 12.6. The summed E-state index contributed by atoms with van der Waals surface area (Å²) in [5.74, 6) is 0.701. The van der Waals surface area contributed by atoms with E-state index in [9.17, 15) is 13.2 Å². The van der Waals surface area contributed by atoms with E-state index in [1.165, 1.54) is 10.4 Å². The Morgan fingerprint density at radius 1 is 1.28 bits per heavy atom. The van der Waals surface area contributed by atoms with Crippen LogP contribution in [0.1, 0.15) is 12.0 Å². The van der Waals surface area contributed by atoms with Gasteiger partial charge in [-0.2, -0.15) is 0 Å². The van der Waals surface area contributed by atoms with Crippen molar-refractivity contribution in [2.75, 3.05) is 30.3 Å². The summed E-state index contributed by atoms with van der Waals surface area (Å²) in [4.78, 5) is 12.6. The molecule has 1 amide bonds. The fourth-order valence-electron chi connectivity index (χ4n) is 2.97. The molecule has 2 aromatic carbocycles. The molecule has 1 atom stereocenters. The first kappa shape index (κ1) is 21.3. The van der Waals surface area contributed by atoms with Crippen molar-refractivity contribution in [2.45, 2.75) is 19.4 Å². The lowest BCUT2D eigenvalue weighted by Crippen LogP contribution is -2.41. The molecule has 0 unspecified atom stereocenters. The van der Waals surface area contributed by atoms with Crippen molar-refractivity contribution < 1.29 is 22.7 Å². The second kappa shape index (κ2) is 8.92. The van der Waals surface area contributed by atoms with Crippen molar-refractivity contribution in [2.24, 2.45) is 0 Å². The van der Waals surface area contributed by atoms with Crippen LogP contribution in [-0.4, -0.2) is 46.4 Å². The lowest BCUT2D eigenvalue weighted by atomic mass is 10.2. The van der Waals surface area contributed by atoms with E-state index in [1.807, 2.05) is 31.2 Å². The van der Waals surface area contributed by atoms with Crippen molar-refractivity contribution in [1.29, 1.82) is 0 Å². The Morgan fingerprint density at radius 3 is 2.69 bits per heavy atom. The third kappa shape index (κ3) is 5.55. The van der Waals surface area contributed by atoms with E-state index in [4.69, 9.17) is 21.1 Å². The first-order valence-electron chi connectivity index (χ1n) is 9.15. The molecular weight excluding hydrogens is 416 g/mol. The van der Waals surface area contributed by atoms with Crippen molar-refractivity contribution in [3.05, 3.63) is 53.1 Å². The SMILES string of the molecule is Cc1ccc(OCCNC(=O)[C@H]2CCN(S(C)(=O)=O)c3cc(Cl)ccc3O2)cc1. The summed E-state index contributed by atoms with van der Waals surface area (Å²) in [5.41, 5.74) is 1.47. The van der Waals surface area contributed by atoms with Gasteiger partial charge < -0.3 is 14.8 Å². The molecule has 1 aliphatic rings. The van der Waals surface area contributed by atoms with Gasteiger partial charge in [0.15, 0.2) is 6.10 Å². The Kier molecular flexibility index (Phi) is 6.54. The molecule has 1 heterocycles. The molecule has 2 aromatic rings. The summed E-state index contributed by atoms with van der Waals surface area (Å²) < 4.78 is 37.0. The predicted molar refractivity (Wildman–Crippen MR) is 112 cm³/mol. The third-order valence-electron chi connectivity index (χ3n) is 4.44. The number of nitrogens with one attached hydrogen (secondary N) is 1. The lowest BCUT2D eigenvalue weighted by Gasteiger charge is -2.21. The molecule has 0 spiro atoms.